The standard InChI is InChI=1S/C18H18Cl4N2O2.ClH/c1-23(2)7-8-24(16-10-14(21)13(20)9-15(16)22)17(18(25)26)11-5-3-4-6-12(11)19;/h3-6,9-10,17H,7-8H2,1-2H3,(H,25,26);1H. The Morgan fingerprint density at radius 3 is 2.11 bits per heavy atom. The highest BCUT2D eigenvalue weighted by molar-refractivity contribution is 6.44. The van der Waals surface area contributed by atoms with Crippen LogP contribution in [0.5, 0.6) is 0 Å². The molecule has 0 bridgehead atoms. The number of hydrogen-bond acceptors (Lipinski definition) is 3. The number of nitrogens with zero attached hydrogens (tertiary/aromatic N) is 2. The molecule has 1 unspecified atom stereocenters. The van der Waals surface area contributed by atoms with Crippen LogP contribution in [0, 0.1) is 0 Å². The van der Waals surface area contributed by atoms with Gasteiger partial charge < -0.3 is 14.9 Å². The van der Waals surface area contributed by atoms with E-state index in [0.29, 0.717) is 44.4 Å². The molecule has 4 nitrogen and oxygen atoms in total. The van der Waals surface area contributed by atoms with E-state index < -0.39 is 12.0 Å². The van der Waals surface area contributed by atoms with Gasteiger partial charge in [0.25, 0.3) is 0 Å². The second-order valence-corrected chi connectivity index (χ2v) is 7.61. The van der Waals surface area contributed by atoms with Gasteiger partial charge in [0.05, 0.1) is 20.8 Å². The molecule has 27 heavy (non-hydrogen) atoms. The van der Waals surface area contributed by atoms with Gasteiger partial charge in [0.2, 0.25) is 0 Å². The number of benzene rings is 2. The summed E-state index contributed by atoms with van der Waals surface area (Å²) in [5, 5.41) is 11.2. The van der Waals surface area contributed by atoms with Crippen molar-refractivity contribution in [1.29, 1.82) is 0 Å². The van der Waals surface area contributed by atoms with Crippen LogP contribution in [0.1, 0.15) is 11.6 Å². The summed E-state index contributed by atoms with van der Waals surface area (Å²) >= 11 is 24.8. The van der Waals surface area contributed by atoms with Gasteiger partial charge in [-0.05, 0) is 32.3 Å². The summed E-state index contributed by atoms with van der Waals surface area (Å²) < 4.78 is 0. The molecule has 0 aliphatic rings. The summed E-state index contributed by atoms with van der Waals surface area (Å²) in [6.45, 7) is 0.998. The highest BCUT2D eigenvalue weighted by atomic mass is 35.5. The maximum Gasteiger partial charge on any atom is 0.331 e. The summed E-state index contributed by atoms with van der Waals surface area (Å²) in [5.74, 6) is -1.04. The Bertz CT molecular complexity index is 801. The van der Waals surface area contributed by atoms with Crippen LogP contribution in [0.4, 0.5) is 5.69 Å². The van der Waals surface area contributed by atoms with Crippen molar-refractivity contribution in [2.45, 2.75) is 6.04 Å². The van der Waals surface area contributed by atoms with E-state index in [1.807, 2.05) is 19.0 Å². The van der Waals surface area contributed by atoms with Crippen molar-refractivity contribution in [3.05, 3.63) is 62.1 Å². The lowest BCUT2D eigenvalue weighted by atomic mass is 10.0. The first-order valence-corrected chi connectivity index (χ1v) is 9.26. The third-order valence-electron chi connectivity index (χ3n) is 3.83. The van der Waals surface area contributed by atoms with Crippen molar-refractivity contribution >= 4 is 70.5 Å². The summed E-state index contributed by atoms with van der Waals surface area (Å²) in [4.78, 5) is 15.8. The normalized spacial score (nSPS) is 11.8. The Morgan fingerprint density at radius 2 is 1.56 bits per heavy atom. The zero-order valence-electron chi connectivity index (χ0n) is 14.6. The highest BCUT2D eigenvalue weighted by Crippen LogP contribution is 2.39. The smallest absolute Gasteiger partial charge is 0.331 e. The minimum absolute atomic E-state index is 0. The largest absolute Gasteiger partial charge is 0.479 e. The van der Waals surface area contributed by atoms with E-state index in [1.54, 1.807) is 35.2 Å². The molecule has 0 aliphatic carbocycles. The van der Waals surface area contributed by atoms with Gasteiger partial charge >= 0.3 is 5.97 Å². The second kappa shape index (κ2) is 10.6. The van der Waals surface area contributed by atoms with Crippen LogP contribution in [-0.4, -0.2) is 43.2 Å². The Hall–Kier alpha value is -0.880. The molecule has 0 radical (unpaired) electrons. The van der Waals surface area contributed by atoms with Crippen molar-refractivity contribution in [2.24, 2.45) is 0 Å². The number of likely N-dealkylation sites (N-methyl/N-ethyl adjacent to an activating group) is 1. The second-order valence-electron chi connectivity index (χ2n) is 5.98. The van der Waals surface area contributed by atoms with Gasteiger partial charge in [0.1, 0.15) is 0 Å². The van der Waals surface area contributed by atoms with Crippen LogP contribution in [0.15, 0.2) is 36.4 Å². The maximum atomic E-state index is 12.2. The number of aliphatic carboxylic acids is 1. The van der Waals surface area contributed by atoms with Gasteiger partial charge in [-0.25, -0.2) is 4.79 Å². The van der Waals surface area contributed by atoms with Crippen LogP contribution in [-0.2, 0) is 4.79 Å². The van der Waals surface area contributed by atoms with Crippen LogP contribution in [0.2, 0.25) is 20.1 Å². The topological polar surface area (TPSA) is 43.8 Å². The molecule has 0 saturated carbocycles. The lowest BCUT2D eigenvalue weighted by molar-refractivity contribution is -0.138. The summed E-state index contributed by atoms with van der Waals surface area (Å²) in [6, 6.07) is 8.91. The summed E-state index contributed by atoms with van der Waals surface area (Å²) in [5.41, 5.74) is 0.956. The fraction of sp³-hybridized carbons (Fsp3) is 0.278. The molecule has 0 saturated heterocycles. The molecule has 9 heteroatoms. The molecule has 0 heterocycles. The molecule has 1 N–H and O–H groups in total. The molecule has 0 fully saturated rings. The molecular weight excluding hydrogens is 453 g/mol. The number of carboxylic acids is 1. The Labute approximate surface area is 185 Å². The van der Waals surface area contributed by atoms with Crippen molar-refractivity contribution in [2.75, 3.05) is 32.1 Å². The zero-order chi connectivity index (χ0) is 19.4. The van der Waals surface area contributed by atoms with Gasteiger partial charge in [-0.1, -0.05) is 64.6 Å². The number of anilines is 1. The Morgan fingerprint density at radius 1 is 0.963 bits per heavy atom. The Balaban J connectivity index is 0.00000364. The number of halogens is 5. The van der Waals surface area contributed by atoms with Crippen LogP contribution < -0.4 is 4.90 Å². The fourth-order valence-electron chi connectivity index (χ4n) is 2.56. The number of carbonyl (C=O) groups is 1. The van der Waals surface area contributed by atoms with Gasteiger partial charge in [0, 0.05) is 23.7 Å². The van der Waals surface area contributed by atoms with Gasteiger partial charge in [0.15, 0.2) is 6.04 Å². The number of rotatable bonds is 7. The molecule has 2 aromatic rings. The minimum atomic E-state index is -1.04. The summed E-state index contributed by atoms with van der Waals surface area (Å²) in [7, 11) is 3.81. The number of carboxylic acid groups (broad SMARTS) is 1. The van der Waals surface area contributed by atoms with Gasteiger partial charge in [-0.15, -0.1) is 12.4 Å². The molecule has 0 aliphatic heterocycles. The predicted octanol–water partition coefficient (Wildman–Crippen LogP) is 5.92. The van der Waals surface area contributed by atoms with Crippen molar-refractivity contribution in [3.8, 4) is 0 Å². The third-order valence-corrected chi connectivity index (χ3v) is 5.20. The first-order valence-electron chi connectivity index (χ1n) is 7.75. The average molecular weight is 473 g/mol. The molecule has 0 amide bonds. The van der Waals surface area contributed by atoms with Crippen LogP contribution in [0.3, 0.4) is 0 Å². The van der Waals surface area contributed by atoms with Gasteiger partial charge in [-0.2, -0.15) is 0 Å². The van der Waals surface area contributed by atoms with E-state index >= 15 is 0 Å². The lowest BCUT2D eigenvalue weighted by Crippen LogP contribution is -2.39. The first-order chi connectivity index (χ1) is 12.2. The minimum Gasteiger partial charge on any atom is -0.479 e. The molecule has 2 aromatic carbocycles. The molecular formula is C18H19Cl5N2O2. The van der Waals surface area contributed by atoms with Crippen molar-refractivity contribution < 1.29 is 9.90 Å². The SMILES string of the molecule is CN(C)CCN(c1cc(Cl)c(Cl)cc1Cl)C(C(=O)O)c1ccccc1Cl.Cl. The van der Waals surface area contributed by atoms with E-state index in [0.717, 1.165) is 0 Å². The monoisotopic (exact) mass is 470 g/mol. The van der Waals surface area contributed by atoms with Crippen molar-refractivity contribution in [1.82, 2.24) is 4.90 Å². The third kappa shape index (κ3) is 6.05. The molecule has 148 valence electrons. The molecule has 2 rings (SSSR count). The van der Waals surface area contributed by atoms with E-state index in [9.17, 15) is 9.90 Å². The lowest BCUT2D eigenvalue weighted by Gasteiger charge is -2.33. The molecule has 1 atom stereocenters. The number of hydrogen-bond donors (Lipinski definition) is 1. The van der Waals surface area contributed by atoms with Crippen LogP contribution >= 0.6 is 58.8 Å². The average Bonchev–Trinajstić information content (AvgIpc) is 2.56. The van der Waals surface area contributed by atoms with Crippen molar-refractivity contribution in [3.63, 3.8) is 0 Å². The summed E-state index contributed by atoms with van der Waals surface area (Å²) in [6.07, 6.45) is 0. The quantitative estimate of drug-likeness (QED) is 0.509. The first kappa shape index (κ1) is 24.2. The van der Waals surface area contributed by atoms with E-state index in [2.05, 4.69) is 0 Å². The van der Waals surface area contributed by atoms with E-state index in [1.165, 1.54) is 6.07 Å². The molecule has 0 aromatic heterocycles. The van der Waals surface area contributed by atoms with Crippen LogP contribution in [0.25, 0.3) is 0 Å². The Kier molecular flexibility index (Phi) is 9.49. The fourth-order valence-corrected chi connectivity index (χ4v) is 3.45. The molecule has 0 spiro atoms. The predicted molar refractivity (Wildman–Crippen MR) is 116 cm³/mol. The highest BCUT2D eigenvalue weighted by Gasteiger charge is 2.31. The maximum absolute atomic E-state index is 12.2. The zero-order valence-corrected chi connectivity index (χ0v) is 18.5. The van der Waals surface area contributed by atoms with E-state index in [-0.39, 0.29) is 12.4 Å². The van der Waals surface area contributed by atoms with Gasteiger partial charge in [-0.3, -0.25) is 0 Å². The van der Waals surface area contributed by atoms with E-state index in [4.69, 9.17) is 46.4 Å².